The van der Waals surface area contributed by atoms with Crippen LogP contribution in [0, 0.1) is 5.82 Å². The first kappa shape index (κ1) is 13.7. The van der Waals surface area contributed by atoms with Crippen molar-refractivity contribution in [3.05, 3.63) is 71.5 Å². The molecule has 0 saturated carbocycles. The molecule has 0 fully saturated rings. The van der Waals surface area contributed by atoms with Gasteiger partial charge in [-0.05, 0) is 30.2 Å². The molecule has 0 aliphatic rings. The average molecular weight is 259 g/mol. The Morgan fingerprint density at radius 1 is 1.00 bits per heavy atom. The van der Waals surface area contributed by atoms with E-state index in [1.807, 2.05) is 37.3 Å². The first-order chi connectivity index (χ1) is 9.16. The number of hydrogen-bond donors (Lipinski definition) is 2. The van der Waals surface area contributed by atoms with Gasteiger partial charge in [0.05, 0.1) is 6.10 Å². The van der Waals surface area contributed by atoms with Crippen molar-refractivity contribution in [2.75, 3.05) is 6.54 Å². The maximum atomic E-state index is 12.8. The Labute approximate surface area is 112 Å². The van der Waals surface area contributed by atoms with Gasteiger partial charge >= 0.3 is 0 Å². The lowest BCUT2D eigenvalue weighted by Crippen LogP contribution is -2.24. The minimum absolute atomic E-state index is 0.0685. The minimum Gasteiger partial charge on any atom is -0.387 e. The van der Waals surface area contributed by atoms with Crippen molar-refractivity contribution in [3.8, 4) is 0 Å². The highest BCUT2D eigenvalue weighted by Gasteiger charge is 2.10. The predicted octanol–water partition coefficient (Wildman–Crippen LogP) is 3.21. The molecule has 0 spiro atoms. The normalized spacial score (nSPS) is 14.1. The summed E-state index contributed by atoms with van der Waals surface area (Å²) in [5.74, 6) is -0.236. The Morgan fingerprint density at radius 3 is 2.26 bits per heavy atom. The summed E-state index contributed by atoms with van der Waals surface area (Å²) in [5, 5.41) is 13.3. The summed E-state index contributed by atoms with van der Waals surface area (Å²) in [5.41, 5.74) is 1.89. The molecule has 2 nitrogen and oxygen atoms in total. The number of rotatable bonds is 5. The molecule has 2 atom stereocenters. The molecule has 0 bridgehead atoms. The molecule has 100 valence electrons. The van der Waals surface area contributed by atoms with Crippen molar-refractivity contribution in [1.82, 2.24) is 5.32 Å². The number of benzene rings is 2. The molecular weight excluding hydrogens is 241 g/mol. The Bertz CT molecular complexity index is 498. The highest BCUT2D eigenvalue weighted by Crippen LogP contribution is 2.15. The number of nitrogens with one attached hydrogen (secondary N) is 1. The van der Waals surface area contributed by atoms with Crippen LogP contribution in [-0.2, 0) is 0 Å². The highest BCUT2D eigenvalue weighted by atomic mass is 19.1. The number of halogens is 1. The summed E-state index contributed by atoms with van der Waals surface area (Å²) in [4.78, 5) is 0. The summed E-state index contributed by atoms with van der Waals surface area (Å²) in [7, 11) is 0. The van der Waals surface area contributed by atoms with Crippen LogP contribution in [0.25, 0.3) is 0 Å². The van der Waals surface area contributed by atoms with Crippen LogP contribution in [0.15, 0.2) is 54.6 Å². The quantitative estimate of drug-likeness (QED) is 0.864. The summed E-state index contributed by atoms with van der Waals surface area (Å²) >= 11 is 0. The van der Waals surface area contributed by atoms with E-state index in [1.54, 1.807) is 12.1 Å². The van der Waals surface area contributed by atoms with Gasteiger partial charge in [0.25, 0.3) is 0 Å². The van der Waals surface area contributed by atoms with Crippen LogP contribution in [0.2, 0.25) is 0 Å². The van der Waals surface area contributed by atoms with Crippen LogP contribution < -0.4 is 5.32 Å². The van der Waals surface area contributed by atoms with Gasteiger partial charge in [-0.1, -0.05) is 42.5 Å². The molecule has 0 aliphatic carbocycles. The molecule has 0 radical (unpaired) electrons. The lowest BCUT2D eigenvalue weighted by Gasteiger charge is -2.17. The molecule has 3 heteroatoms. The van der Waals surface area contributed by atoms with Gasteiger partial charge in [-0.3, -0.25) is 0 Å². The van der Waals surface area contributed by atoms with Crippen LogP contribution in [0.4, 0.5) is 4.39 Å². The molecule has 1 unspecified atom stereocenters. The van der Waals surface area contributed by atoms with Crippen molar-refractivity contribution in [2.45, 2.75) is 19.1 Å². The molecule has 19 heavy (non-hydrogen) atoms. The number of hydrogen-bond acceptors (Lipinski definition) is 2. The maximum absolute atomic E-state index is 12.8. The monoisotopic (exact) mass is 259 g/mol. The molecule has 0 aliphatic heterocycles. The van der Waals surface area contributed by atoms with Gasteiger partial charge in [-0.2, -0.15) is 0 Å². The predicted molar refractivity (Wildman–Crippen MR) is 74.2 cm³/mol. The highest BCUT2D eigenvalue weighted by molar-refractivity contribution is 5.20. The summed E-state index contributed by atoms with van der Waals surface area (Å²) in [6, 6.07) is 16.0. The Hall–Kier alpha value is -1.71. The van der Waals surface area contributed by atoms with Crippen molar-refractivity contribution in [3.63, 3.8) is 0 Å². The molecular formula is C16H18FNO. The zero-order chi connectivity index (χ0) is 13.7. The molecule has 2 N–H and O–H groups in total. The third-order valence-corrected chi connectivity index (χ3v) is 3.17. The lowest BCUT2D eigenvalue weighted by molar-refractivity contribution is 0.171. The summed E-state index contributed by atoms with van der Waals surface area (Å²) < 4.78 is 12.8. The molecule has 0 amide bonds. The standard InChI is InChI=1S/C16H18FNO/c1-12(13-7-9-15(17)10-8-13)18-11-16(19)14-5-3-2-4-6-14/h2-10,12,16,18-19H,11H2,1H3/t12-,16?/m1/s1. The lowest BCUT2D eigenvalue weighted by atomic mass is 10.1. The SMILES string of the molecule is C[C@@H](NCC(O)c1ccccc1)c1ccc(F)cc1. The van der Waals surface area contributed by atoms with E-state index >= 15 is 0 Å². The Balaban J connectivity index is 1.90. The van der Waals surface area contributed by atoms with Gasteiger partial charge in [0.1, 0.15) is 5.82 Å². The van der Waals surface area contributed by atoms with Gasteiger partial charge < -0.3 is 10.4 Å². The Kier molecular flexibility index (Phi) is 4.66. The van der Waals surface area contributed by atoms with Crippen LogP contribution in [0.5, 0.6) is 0 Å². The second-order valence-corrected chi connectivity index (χ2v) is 4.61. The van der Waals surface area contributed by atoms with E-state index in [9.17, 15) is 9.50 Å². The fraction of sp³-hybridized carbons (Fsp3) is 0.250. The topological polar surface area (TPSA) is 32.3 Å². The molecule has 2 aromatic rings. The minimum atomic E-state index is -0.538. The van der Waals surface area contributed by atoms with E-state index < -0.39 is 6.10 Å². The average Bonchev–Trinajstić information content (AvgIpc) is 2.46. The number of aliphatic hydroxyl groups is 1. The third-order valence-electron chi connectivity index (χ3n) is 3.17. The van der Waals surface area contributed by atoms with Crippen LogP contribution in [0.3, 0.4) is 0 Å². The molecule has 0 saturated heterocycles. The first-order valence-electron chi connectivity index (χ1n) is 6.38. The second-order valence-electron chi connectivity index (χ2n) is 4.61. The largest absolute Gasteiger partial charge is 0.387 e. The maximum Gasteiger partial charge on any atom is 0.123 e. The third kappa shape index (κ3) is 3.88. The molecule has 2 aromatic carbocycles. The van der Waals surface area contributed by atoms with Crippen molar-refractivity contribution in [1.29, 1.82) is 0 Å². The fourth-order valence-electron chi connectivity index (χ4n) is 1.95. The van der Waals surface area contributed by atoms with Gasteiger partial charge in [-0.25, -0.2) is 4.39 Å². The van der Waals surface area contributed by atoms with E-state index in [4.69, 9.17) is 0 Å². The van der Waals surface area contributed by atoms with E-state index in [-0.39, 0.29) is 11.9 Å². The van der Waals surface area contributed by atoms with Crippen molar-refractivity contribution in [2.24, 2.45) is 0 Å². The zero-order valence-electron chi connectivity index (χ0n) is 10.9. The van der Waals surface area contributed by atoms with Crippen LogP contribution in [0.1, 0.15) is 30.2 Å². The smallest absolute Gasteiger partial charge is 0.123 e. The van der Waals surface area contributed by atoms with Gasteiger partial charge in [0.2, 0.25) is 0 Å². The van der Waals surface area contributed by atoms with E-state index in [2.05, 4.69) is 5.32 Å². The second kappa shape index (κ2) is 6.45. The van der Waals surface area contributed by atoms with E-state index in [1.165, 1.54) is 12.1 Å². The van der Waals surface area contributed by atoms with Crippen molar-refractivity contribution >= 4 is 0 Å². The number of aliphatic hydroxyl groups excluding tert-OH is 1. The summed E-state index contributed by atoms with van der Waals surface area (Å²) in [6.07, 6.45) is -0.538. The van der Waals surface area contributed by atoms with E-state index in [0.29, 0.717) is 6.54 Å². The first-order valence-corrected chi connectivity index (χ1v) is 6.38. The zero-order valence-corrected chi connectivity index (χ0v) is 10.9. The van der Waals surface area contributed by atoms with Gasteiger partial charge in [-0.15, -0.1) is 0 Å². The molecule has 0 heterocycles. The molecule has 0 aromatic heterocycles. The Morgan fingerprint density at radius 2 is 1.63 bits per heavy atom. The fourth-order valence-corrected chi connectivity index (χ4v) is 1.95. The van der Waals surface area contributed by atoms with Gasteiger partial charge in [0.15, 0.2) is 0 Å². The van der Waals surface area contributed by atoms with Gasteiger partial charge in [0, 0.05) is 12.6 Å². The molecule has 2 rings (SSSR count). The van der Waals surface area contributed by atoms with E-state index in [0.717, 1.165) is 11.1 Å². The van der Waals surface area contributed by atoms with Crippen molar-refractivity contribution < 1.29 is 9.50 Å². The van der Waals surface area contributed by atoms with Crippen LogP contribution >= 0.6 is 0 Å². The summed E-state index contributed by atoms with van der Waals surface area (Å²) in [6.45, 7) is 2.45. The van der Waals surface area contributed by atoms with Crippen LogP contribution in [-0.4, -0.2) is 11.7 Å².